The maximum absolute atomic E-state index is 14.2. The number of benzene rings is 2. The summed E-state index contributed by atoms with van der Waals surface area (Å²) in [7, 11) is 0. The van der Waals surface area contributed by atoms with Gasteiger partial charge < -0.3 is 5.32 Å². The summed E-state index contributed by atoms with van der Waals surface area (Å²) in [5, 5.41) is 11.3. The number of amides is 1. The van der Waals surface area contributed by atoms with Gasteiger partial charge in [-0.05, 0) is 42.3 Å². The predicted molar refractivity (Wildman–Crippen MR) is 125 cm³/mol. The van der Waals surface area contributed by atoms with Gasteiger partial charge in [0.1, 0.15) is 5.69 Å². The molecule has 10 heteroatoms. The lowest BCUT2D eigenvalue weighted by Crippen LogP contribution is -2.13. The first-order valence-electron chi connectivity index (χ1n) is 10.1. The van der Waals surface area contributed by atoms with Crippen LogP contribution in [0.15, 0.2) is 72.1 Å². The van der Waals surface area contributed by atoms with Crippen LogP contribution < -0.4 is 5.32 Å². The van der Waals surface area contributed by atoms with Crippen LogP contribution in [0, 0.1) is 17.6 Å². The van der Waals surface area contributed by atoms with Crippen LogP contribution in [0.4, 0.5) is 14.5 Å². The molecule has 1 atom stereocenters. The minimum Gasteiger partial charge on any atom is -0.322 e. The highest BCUT2D eigenvalue weighted by atomic mass is 35.5. The zero-order chi connectivity index (χ0) is 23.4. The molecule has 0 aliphatic carbocycles. The Hall–Kier alpha value is -3.17. The van der Waals surface area contributed by atoms with Crippen molar-refractivity contribution in [2.75, 3.05) is 11.1 Å². The van der Waals surface area contributed by atoms with E-state index >= 15 is 0 Å². The lowest BCUT2D eigenvalue weighted by molar-refractivity contribution is 0.102. The highest BCUT2D eigenvalue weighted by Crippen LogP contribution is 2.30. The number of hydrogen-bond donors (Lipinski definition) is 1. The van der Waals surface area contributed by atoms with Gasteiger partial charge in [-0.2, -0.15) is 10.2 Å². The van der Waals surface area contributed by atoms with E-state index in [4.69, 9.17) is 11.6 Å². The fraction of sp³-hybridized carbons (Fsp3) is 0.174. The first kappa shape index (κ1) is 23.0. The SMILES string of the molecule is CC(CSc1cc(C(=O)Nc2cc(F)c(F)c(-n3cccn3)c2)ccc1Cl)Cn1cccn1. The highest BCUT2D eigenvalue weighted by molar-refractivity contribution is 7.99. The van der Waals surface area contributed by atoms with Gasteiger partial charge in [0, 0.05) is 59.3 Å². The Bertz CT molecular complexity index is 1250. The normalized spacial score (nSPS) is 12.0. The molecule has 2 heterocycles. The molecule has 0 aliphatic heterocycles. The zero-order valence-corrected chi connectivity index (χ0v) is 19.2. The number of anilines is 1. The Balaban J connectivity index is 1.47. The molecule has 1 unspecified atom stereocenters. The van der Waals surface area contributed by atoms with E-state index in [-0.39, 0.29) is 11.4 Å². The standard InChI is InChI=1S/C23H20ClF2N5OS/c1-15(13-30-8-2-6-27-30)14-33-21-10-16(4-5-18(21)24)23(32)29-17-11-19(25)22(26)20(12-17)31-9-3-7-28-31/h2-12,15H,13-14H2,1H3,(H,29,32). The van der Waals surface area contributed by atoms with Crippen LogP contribution in [0.2, 0.25) is 5.02 Å². The topological polar surface area (TPSA) is 64.7 Å². The number of thioether (sulfide) groups is 1. The van der Waals surface area contributed by atoms with Crippen molar-refractivity contribution in [3.63, 3.8) is 0 Å². The largest absolute Gasteiger partial charge is 0.322 e. The molecule has 0 aliphatic rings. The molecule has 1 amide bonds. The fourth-order valence-corrected chi connectivity index (χ4v) is 4.46. The summed E-state index contributed by atoms with van der Waals surface area (Å²) < 4.78 is 31.4. The molecule has 4 rings (SSSR count). The molecule has 4 aromatic rings. The first-order valence-corrected chi connectivity index (χ1v) is 11.5. The third-order valence-corrected chi connectivity index (χ3v) is 6.62. The van der Waals surface area contributed by atoms with Crippen molar-refractivity contribution >= 4 is 35.0 Å². The summed E-state index contributed by atoms with van der Waals surface area (Å²) in [6.07, 6.45) is 6.59. The second kappa shape index (κ2) is 10.2. The van der Waals surface area contributed by atoms with Crippen molar-refractivity contribution in [2.24, 2.45) is 5.92 Å². The van der Waals surface area contributed by atoms with E-state index in [9.17, 15) is 13.6 Å². The number of rotatable bonds is 8. The summed E-state index contributed by atoms with van der Waals surface area (Å²) in [5.74, 6) is -1.49. The second-order valence-electron chi connectivity index (χ2n) is 7.49. The van der Waals surface area contributed by atoms with Gasteiger partial charge in [-0.25, -0.2) is 13.5 Å². The molecule has 0 spiro atoms. The summed E-state index contributed by atoms with van der Waals surface area (Å²) in [4.78, 5) is 13.6. The van der Waals surface area contributed by atoms with Crippen molar-refractivity contribution in [3.8, 4) is 5.69 Å². The van der Waals surface area contributed by atoms with E-state index in [2.05, 4.69) is 22.4 Å². The minimum atomic E-state index is -1.09. The van der Waals surface area contributed by atoms with E-state index in [0.29, 0.717) is 16.5 Å². The van der Waals surface area contributed by atoms with E-state index in [1.54, 1.807) is 42.2 Å². The first-order chi connectivity index (χ1) is 15.9. The molecule has 170 valence electrons. The maximum atomic E-state index is 14.2. The molecule has 2 aromatic carbocycles. The molecule has 1 N–H and O–H groups in total. The van der Waals surface area contributed by atoms with Gasteiger partial charge in [-0.1, -0.05) is 18.5 Å². The molecule has 0 bridgehead atoms. The zero-order valence-electron chi connectivity index (χ0n) is 17.6. The summed E-state index contributed by atoms with van der Waals surface area (Å²) in [5.41, 5.74) is 0.363. The summed E-state index contributed by atoms with van der Waals surface area (Å²) in [6.45, 7) is 2.88. The van der Waals surface area contributed by atoms with E-state index < -0.39 is 17.5 Å². The average Bonchev–Trinajstić information content (AvgIpc) is 3.50. The molecule has 0 saturated carbocycles. The monoisotopic (exact) mass is 487 g/mol. The number of nitrogens with zero attached hydrogens (tertiary/aromatic N) is 4. The Morgan fingerprint density at radius 1 is 1.15 bits per heavy atom. The van der Waals surface area contributed by atoms with Crippen molar-refractivity contribution in [1.29, 1.82) is 0 Å². The Kier molecular flexibility index (Phi) is 7.10. The van der Waals surface area contributed by atoms with Crippen LogP contribution in [0.25, 0.3) is 5.69 Å². The average molecular weight is 488 g/mol. The number of halogens is 3. The second-order valence-corrected chi connectivity index (χ2v) is 8.95. The maximum Gasteiger partial charge on any atom is 0.255 e. The summed E-state index contributed by atoms with van der Waals surface area (Å²) >= 11 is 7.88. The fourth-order valence-electron chi connectivity index (χ4n) is 3.20. The minimum absolute atomic E-state index is 0.103. The lowest BCUT2D eigenvalue weighted by atomic mass is 10.2. The van der Waals surface area contributed by atoms with Gasteiger partial charge in [0.05, 0.1) is 5.02 Å². The van der Waals surface area contributed by atoms with Gasteiger partial charge in [0.2, 0.25) is 0 Å². The van der Waals surface area contributed by atoms with Crippen molar-refractivity contribution in [2.45, 2.75) is 18.4 Å². The third-order valence-electron chi connectivity index (χ3n) is 4.79. The van der Waals surface area contributed by atoms with Crippen molar-refractivity contribution in [1.82, 2.24) is 19.6 Å². The van der Waals surface area contributed by atoms with Gasteiger partial charge in [0.25, 0.3) is 5.91 Å². The molecular formula is C23H20ClF2N5OS. The number of nitrogens with one attached hydrogen (secondary N) is 1. The quantitative estimate of drug-likeness (QED) is 0.325. The number of carbonyl (C=O) groups is 1. The van der Waals surface area contributed by atoms with Crippen LogP contribution in [0.3, 0.4) is 0 Å². The molecule has 0 saturated heterocycles. The lowest BCUT2D eigenvalue weighted by Gasteiger charge is -2.13. The Labute approximate surface area is 198 Å². The van der Waals surface area contributed by atoms with Gasteiger partial charge in [-0.15, -0.1) is 11.8 Å². The summed E-state index contributed by atoms with van der Waals surface area (Å²) in [6, 6.07) is 10.7. The Morgan fingerprint density at radius 3 is 2.67 bits per heavy atom. The van der Waals surface area contributed by atoms with E-state index in [1.165, 1.54) is 23.1 Å². The van der Waals surface area contributed by atoms with Gasteiger partial charge in [0.15, 0.2) is 11.6 Å². The number of carbonyl (C=O) groups excluding carboxylic acids is 1. The van der Waals surface area contributed by atoms with Crippen molar-refractivity contribution < 1.29 is 13.6 Å². The molecule has 6 nitrogen and oxygen atoms in total. The smallest absolute Gasteiger partial charge is 0.255 e. The van der Waals surface area contributed by atoms with Gasteiger partial charge in [-0.3, -0.25) is 9.48 Å². The third kappa shape index (κ3) is 5.61. The number of aromatic nitrogens is 4. The number of hydrogen-bond acceptors (Lipinski definition) is 4. The van der Waals surface area contributed by atoms with Gasteiger partial charge >= 0.3 is 0 Å². The predicted octanol–water partition coefficient (Wildman–Crippen LogP) is 5.68. The van der Waals surface area contributed by atoms with Crippen molar-refractivity contribution in [3.05, 3.63) is 89.5 Å². The highest BCUT2D eigenvalue weighted by Gasteiger charge is 2.16. The Morgan fingerprint density at radius 2 is 1.94 bits per heavy atom. The van der Waals surface area contributed by atoms with Crippen LogP contribution in [0.1, 0.15) is 17.3 Å². The van der Waals surface area contributed by atoms with Crippen LogP contribution in [-0.2, 0) is 6.54 Å². The van der Waals surface area contributed by atoms with E-state index in [1.807, 2.05) is 16.9 Å². The van der Waals surface area contributed by atoms with Crippen LogP contribution >= 0.6 is 23.4 Å². The molecule has 33 heavy (non-hydrogen) atoms. The van der Waals surface area contributed by atoms with E-state index in [0.717, 1.165) is 23.3 Å². The molecule has 2 aromatic heterocycles. The van der Waals surface area contributed by atoms with Crippen LogP contribution in [0.5, 0.6) is 0 Å². The van der Waals surface area contributed by atoms with Crippen LogP contribution in [-0.4, -0.2) is 31.2 Å². The molecule has 0 radical (unpaired) electrons. The molecule has 0 fully saturated rings. The molecular weight excluding hydrogens is 468 g/mol.